The number of hydrogen-bond acceptors (Lipinski definition) is 16. The highest BCUT2D eigenvalue weighted by atomic mass is 16.4. The molecule has 6 amide bonds. The molecule has 2 bridgehead atoms. The van der Waals surface area contributed by atoms with Crippen molar-refractivity contribution in [1.82, 2.24) is 51.5 Å². The minimum Gasteiger partial charge on any atom is -0.481 e. The van der Waals surface area contributed by atoms with Crippen LogP contribution in [0.25, 0.3) is 0 Å². The van der Waals surface area contributed by atoms with E-state index >= 15 is 0 Å². The molecule has 3 heterocycles. The number of carbonyl (C=O) groups excluding carboxylic acids is 6. The fraction of sp³-hybridized carbons (Fsp3) is 0.667. The smallest absolute Gasteiger partial charge is 0.320 e. The Morgan fingerprint density at radius 3 is 1.83 bits per heavy atom. The van der Waals surface area contributed by atoms with Crippen LogP contribution in [0.3, 0.4) is 0 Å². The Labute approximate surface area is 393 Å². The van der Waals surface area contributed by atoms with Gasteiger partial charge in [0, 0.05) is 57.6 Å². The normalized spacial score (nSPS) is 22.3. The van der Waals surface area contributed by atoms with Crippen molar-refractivity contribution in [2.45, 2.75) is 87.6 Å². The lowest BCUT2D eigenvalue weighted by Gasteiger charge is -2.42. The Morgan fingerprint density at radius 1 is 0.725 bits per heavy atom. The van der Waals surface area contributed by atoms with E-state index in [0.717, 1.165) is 9.80 Å². The van der Waals surface area contributed by atoms with Gasteiger partial charge in [-0.05, 0) is 38.5 Å². The number of rotatable bonds is 27. The van der Waals surface area contributed by atoms with Gasteiger partial charge in [-0.15, -0.1) is 0 Å². The summed E-state index contributed by atoms with van der Waals surface area (Å²) in [5.41, 5.74) is 5.33. The van der Waals surface area contributed by atoms with Gasteiger partial charge in [0.25, 0.3) is 0 Å². The average Bonchev–Trinajstić information content (AvgIpc) is 3.67. The zero-order chi connectivity index (χ0) is 51.5. The van der Waals surface area contributed by atoms with Gasteiger partial charge < -0.3 is 73.2 Å². The molecule has 0 spiro atoms. The van der Waals surface area contributed by atoms with E-state index in [0.29, 0.717) is 0 Å². The molecule has 69 heavy (non-hydrogen) atoms. The van der Waals surface area contributed by atoms with Crippen molar-refractivity contribution >= 4 is 77.2 Å². The fourth-order valence-electron chi connectivity index (χ4n) is 8.39. The molecule has 15 N–H and O–H groups in total. The molecule has 3 rings (SSSR count). The zero-order valence-electron chi connectivity index (χ0n) is 37.4. The third-order valence-electron chi connectivity index (χ3n) is 11.5. The van der Waals surface area contributed by atoms with E-state index in [9.17, 15) is 88.2 Å². The SMILES string of the molecule is N=C(N)NCCC[C@@H]1NC(=O)[C@@H]2CC[C@H]3C[C@@H](CNC(=O)CC[C@@H](C(=O)O)N(CCN(CC(=O)O)CC(=O)O)CCN(CC(=O)O)CC(=O)O)[C@@H](NC(=O)[C@H](CC(=O)O)NC(=O)CNC1=O)C(=O)N32. The highest BCUT2D eigenvalue weighted by Gasteiger charge is 2.51. The van der Waals surface area contributed by atoms with E-state index in [-0.39, 0.29) is 77.3 Å². The van der Waals surface area contributed by atoms with Gasteiger partial charge in [0.1, 0.15) is 30.2 Å². The molecular formula is C39H60N12O18. The molecule has 3 saturated heterocycles. The molecule has 0 unspecified atom stereocenters. The number of aliphatic carboxylic acids is 6. The molecule has 3 fully saturated rings. The average molecular weight is 985 g/mol. The van der Waals surface area contributed by atoms with Crippen LogP contribution in [0, 0.1) is 11.3 Å². The van der Waals surface area contributed by atoms with Crippen LogP contribution in [-0.4, -0.2) is 236 Å². The van der Waals surface area contributed by atoms with Gasteiger partial charge >= 0.3 is 35.8 Å². The number of nitrogens with one attached hydrogen (secondary N) is 7. The van der Waals surface area contributed by atoms with E-state index in [2.05, 4.69) is 31.9 Å². The van der Waals surface area contributed by atoms with Crippen LogP contribution in [0.1, 0.15) is 51.4 Å². The molecule has 0 aromatic heterocycles. The van der Waals surface area contributed by atoms with Crippen molar-refractivity contribution in [3.63, 3.8) is 0 Å². The molecule has 384 valence electrons. The first-order chi connectivity index (χ1) is 32.4. The summed E-state index contributed by atoms with van der Waals surface area (Å²) in [6.07, 6.45) is -1.25. The molecule has 0 aromatic rings. The quantitative estimate of drug-likeness (QED) is 0.0207. The Bertz CT molecular complexity index is 1900. The number of amides is 6. The second-order valence-corrected chi connectivity index (χ2v) is 16.7. The maximum atomic E-state index is 14.4. The molecule has 7 atom stereocenters. The van der Waals surface area contributed by atoms with Gasteiger partial charge in [0.2, 0.25) is 35.4 Å². The summed E-state index contributed by atoms with van der Waals surface area (Å²) in [6, 6.07) is -7.85. The number of guanidine groups is 1. The summed E-state index contributed by atoms with van der Waals surface area (Å²) >= 11 is 0. The number of nitrogens with two attached hydrogens (primary N) is 1. The lowest BCUT2D eigenvalue weighted by molar-refractivity contribution is -0.149. The van der Waals surface area contributed by atoms with Gasteiger partial charge in [-0.1, -0.05) is 0 Å². The molecule has 3 aliphatic heterocycles. The van der Waals surface area contributed by atoms with Gasteiger partial charge in [0.05, 0.1) is 39.1 Å². The van der Waals surface area contributed by atoms with Crippen LogP contribution in [-0.2, 0) is 57.5 Å². The van der Waals surface area contributed by atoms with Crippen molar-refractivity contribution in [2.24, 2.45) is 11.7 Å². The molecule has 0 saturated carbocycles. The minimum atomic E-state index is -1.77. The molecule has 0 aromatic carbocycles. The molecule has 30 nitrogen and oxygen atoms in total. The largest absolute Gasteiger partial charge is 0.481 e. The number of nitrogens with zero attached hydrogens (tertiary/aromatic N) is 4. The number of carboxylic acids is 6. The number of hydrogen-bond donors (Lipinski definition) is 14. The van der Waals surface area contributed by atoms with Crippen LogP contribution in [0.2, 0.25) is 0 Å². The van der Waals surface area contributed by atoms with E-state index in [1.807, 2.05) is 0 Å². The lowest BCUT2D eigenvalue weighted by Crippen LogP contribution is -2.65. The molecule has 3 aliphatic rings. The predicted octanol–water partition coefficient (Wildman–Crippen LogP) is -6.72. The number of fused-ring (bicyclic) bond motifs is 1. The lowest BCUT2D eigenvalue weighted by atomic mass is 9.85. The summed E-state index contributed by atoms with van der Waals surface area (Å²) in [6.45, 7) is -5.25. The fourth-order valence-corrected chi connectivity index (χ4v) is 8.39. The van der Waals surface area contributed by atoms with Crippen LogP contribution < -0.4 is 37.6 Å². The Balaban J connectivity index is 1.87. The van der Waals surface area contributed by atoms with E-state index in [4.69, 9.17) is 11.1 Å². The van der Waals surface area contributed by atoms with Crippen molar-refractivity contribution in [1.29, 1.82) is 5.41 Å². The van der Waals surface area contributed by atoms with Crippen LogP contribution in [0.4, 0.5) is 0 Å². The highest BCUT2D eigenvalue weighted by molar-refractivity contribution is 5.99. The van der Waals surface area contributed by atoms with Crippen molar-refractivity contribution in [3.8, 4) is 0 Å². The zero-order valence-corrected chi connectivity index (χ0v) is 37.4. The van der Waals surface area contributed by atoms with Gasteiger partial charge in [-0.3, -0.25) is 77.6 Å². The maximum absolute atomic E-state index is 14.4. The molecule has 0 radical (unpaired) electrons. The number of carbonyl (C=O) groups is 12. The van der Waals surface area contributed by atoms with E-state index < -0.39 is 165 Å². The Hall–Kier alpha value is -7.21. The third-order valence-corrected chi connectivity index (χ3v) is 11.5. The molecule has 0 aliphatic carbocycles. The van der Waals surface area contributed by atoms with Gasteiger partial charge in [0.15, 0.2) is 5.96 Å². The van der Waals surface area contributed by atoms with E-state index in [1.54, 1.807) is 0 Å². The summed E-state index contributed by atoms with van der Waals surface area (Å²) in [5, 5.41) is 79.3. The first-order valence-electron chi connectivity index (χ1n) is 21.8. The highest BCUT2D eigenvalue weighted by Crippen LogP contribution is 2.35. The van der Waals surface area contributed by atoms with Crippen LogP contribution in [0.5, 0.6) is 0 Å². The first-order valence-corrected chi connectivity index (χ1v) is 21.8. The molecule has 30 heteroatoms. The summed E-state index contributed by atoms with van der Waals surface area (Å²) < 4.78 is 0. The van der Waals surface area contributed by atoms with Crippen LogP contribution >= 0.6 is 0 Å². The van der Waals surface area contributed by atoms with Gasteiger partial charge in [-0.2, -0.15) is 0 Å². The Morgan fingerprint density at radius 2 is 1.30 bits per heavy atom. The molecular weight excluding hydrogens is 924 g/mol. The van der Waals surface area contributed by atoms with E-state index in [1.165, 1.54) is 9.80 Å². The number of carboxylic acid groups (broad SMARTS) is 6. The predicted molar refractivity (Wildman–Crippen MR) is 231 cm³/mol. The first kappa shape index (κ1) is 56.1. The summed E-state index contributed by atoms with van der Waals surface area (Å²) in [7, 11) is 0. The van der Waals surface area contributed by atoms with Crippen molar-refractivity contribution in [2.75, 3.05) is 72.0 Å². The summed E-state index contributed by atoms with van der Waals surface area (Å²) in [4.78, 5) is 156. The topological polar surface area (TPSA) is 461 Å². The number of piperidine rings is 1. The van der Waals surface area contributed by atoms with Crippen LogP contribution in [0.15, 0.2) is 0 Å². The second-order valence-electron chi connectivity index (χ2n) is 16.7. The van der Waals surface area contributed by atoms with Gasteiger partial charge in [-0.25, -0.2) is 0 Å². The maximum Gasteiger partial charge on any atom is 0.320 e. The monoisotopic (exact) mass is 984 g/mol. The van der Waals surface area contributed by atoms with Crippen molar-refractivity contribution in [3.05, 3.63) is 0 Å². The van der Waals surface area contributed by atoms with Crippen molar-refractivity contribution < 1.29 is 88.2 Å². The third kappa shape index (κ3) is 18.8. The Kier molecular flexibility index (Phi) is 21.9. The standard InChI is InChI=1S/C39H60N12O18/c40-39(41)42-7-1-2-22-34(64)44-15-27(53)45-23(13-28(54)55)35(65)47-33-20(12-21-3-4-24(36(66)46-22)51(21)37(33)67)14-43-26(52)6-5-25(38(68)69)50(10-8-48(16-29(56)57)17-30(58)59)11-9-49(18-31(60)61)19-32(62)63/h20-25,33H,1-19H2,(H,43,52)(H,44,64)(H,45,53)(H,46,66)(H,47,65)(H,54,55)(H,56,57)(H,58,59)(H,60,61)(H,62,63)(H,68,69)(H4,40,41,42)/t20-,21-,22-,23-,24-,25-,33+/m0/s1. The second kappa shape index (κ2) is 27.0. The summed E-state index contributed by atoms with van der Waals surface area (Å²) in [5.74, 6) is -15.0. The minimum absolute atomic E-state index is 0.00271.